The van der Waals surface area contributed by atoms with Gasteiger partial charge in [-0.25, -0.2) is 4.39 Å². The zero-order valence-electron chi connectivity index (χ0n) is 11.6. The molecule has 0 aromatic heterocycles. The third kappa shape index (κ3) is 3.79. The van der Waals surface area contributed by atoms with E-state index in [0.717, 1.165) is 31.5 Å². The summed E-state index contributed by atoms with van der Waals surface area (Å²) in [6.07, 6.45) is 2.21. The first-order chi connectivity index (χ1) is 9.56. The summed E-state index contributed by atoms with van der Waals surface area (Å²) in [7, 11) is 0. The van der Waals surface area contributed by atoms with E-state index >= 15 is 0 Å². The molecule has 0 saturated carbocycles. The van der Waals surface area contributed by atoms with E-state index in [9.17, 15) is 14.0 Å². The van der Waals surface area contributed by atoms with E-state index < -0.39 is 6.04 Å². The van der Waals surface area contributed by atoms with Crippen LogP contribution in [0, 0.1) is 5.82 Å². The molecule has 0 aliphatic carbocycles. The fourth-order valence-electron chi connectivity index (χ4n) is 2.35. The Bertz CT molecular complexity index is 481. The van der Waals surface area contributed by atoms with Crippen LogP contribution in [0.2, 0.25) is 0 Å². The number of carbonyl (C=O) groups excluding carboxylic acids is 2. The molecule has 1 aromatic rings. The zero-order valence-corrected chi connectivity index (χ0v) is 11.6. The van der Waals surface area contributed by atoms with Crippen molar-refractivity contribution in [1.82, 2.24) is 10.2 Å². The van der Waals surface area contributed by atoms with Gasteiger partial charge in [-0.3, -0.25) is 9.59 Å². The average Bonchev–Trinajstić information content (AvgIpc) is 2.94. The molecule has 4 nitrogen and oxygen atoms in total. The SMILES string of the molecule is C[C@H](NC(=O)Cc1ccc(F)cc1)C(=O)N1CCCC1. The number of hydrogen-bond acceptors (Lipinski definition) is 2. The lowest BCUT2D eigenvalue weighted by atomic mass is 10.1. The van der Waals surface area contributed by atoms with Crippen molar-refractivity contribution in [2.75, 3.05) is 13.1 Å². The van der Waals surface area contributed by atoms with Crippen molar-refractivity contribution in [2.24, 2.45) is 0 Å². The van der Waals surface area contributed by atoms with Gasteiger partial charge in [0, 0.05) is 13.1 Å². The first-order valence-corrected chi connectivity index (χ1v) is 6.89. The van der Waals surface area contributed by atoms with Gasteiger partial charge in [-0.2, -0.15) is 0 Å². The smallest absolute Gasteiger partial charge is 0.244 e. The maximum absolute atomic E-state index is 12.8. The zero-order chi connectivity index (χ0) is 14.5. The highest BCUT2D eigenvalue weighted by Gasteiger charge is 2.24. The van der Waals surface area contributed by atoms with Crippen LogP contribution < -0.4 is 5.32 Å². The van der Waals surface area contributed by atoms with Crippen molar-refractivity contribution in [1.29, 1.82) is 0 Å². The number of amides is 2. The predicted octanol–water partition coefficient (Wildman–Crippen LogP) is 1.50. The molecule has 2 amide bonds. The van der Waals surface area contributed by atoms with Crippen LogP contribution in [0.1, 0.15) is 25.3 Å². The van der Waals surface area contributed by atoms with E-state index in [0.29, 0.717) is 0 Å². The monoisotopic (exact) mass is 278 g/mol. The Kier molecular flexibility index (Phi) is 4.71. The third-order valence-corrected chi connectivity index (χ3v) is 3.44. The second-order valence-corrected chi connectivity index (χ2v) is 5.12. The van der Waals surface area contributed by atoms with Gasteiger partial charge >= 0.3 is 0 Å². The fourth-order valence-corrected chi connectivity index (χ4v) is 2.35. The van der Waals surface area contributed by atoms with E-state index in [1.807, 2.05) is 0 Å². The maximum Gasteiger partial charge on any atom is 0.244 e. The Balaban J connectivity index is 1.84. The molecule has 1 saturated heterocycles. The van der Waals surface area contributed by atoms with Gasteiger partial charge in [0.25, 0.3) is 0 Å². The van der Waals surface area contributed by atoms with Crippen LogP contribution >= 0.6 is 0 Å². The van der Waals surface area contributed by atoms with E-state index in [1.165, 1.54) is 12.1 Å². The highest BCUT2D eigenvalue weighted by atomic mass is 19.1. The predicted molar refractivity (Wildman–Crippen MR) is 73.5 cm³/mol. The molecule has 1 heterocycles. The Morgan fingerprint density at radius 2 is 1.85 bits per heavy atom. The van der Waals surface area contributed by atoms with Crippen LogP contribution in [-0.4, -0.2) is 35.8 Å². The molecule has 1 aliphatic heterocycles. The molecule has 0 bridgehead atoms. The summed E-state index contributed by atoms with van der Waals surface area (Å²) in [6.45, 7) is 3.25. The summed E-state index contributed by atoms with van der Waals surface area (Å²) in [5.74, 6) is -0.585. The van der Waals surface area contributed by atoms with Gasteiger partial charge in [0.1, 0.15) is 11.9 Å². The average molecular weight is 278 g/mol. The minimum Gasteiger partial charge on any atom is -0.344 e. The van der Waals surface area contributed by atoms with Crippen LogP contribution in [0.5, 0.6) is 0 Å². The fraction of sp³-hybridized carbons (Fsp3) is 0.467. The lowest BCUT2D eigenvalue weighted by Gasteiger charge is -2.21. The molecule has 20 heavy (non-hydrogen) atoms. The lowest BCUT2D eigenvalue weighted by Crippen LogP contribution is -2.46. The van der Waals surface area contributed by atoms with Crippen LogP contribution in [0.25, 0.3) is 0 Å². The summed E-state index contributed by atoms with van der Waals surface area (Å²) in [6, 6.07) is 5.27. The molecule has 1 aliphatic rings. The van der Waals surface area contributed by atoms with Gasteiger partial charge in [0.05, 0.1) is 6.42 Å². The van der Waals surface area contributed by atoms with Crippen molar-refractivity contribution in [2.45, 2.75) is 32.2 Å². The largest absolute Gasteiger partial charge is 0.344 e. The van der Waals surface area contributed by atoms with Crippen LogP contribution in [0.3, 0.4) is 0 Å². The molecule has 1 fully saturated rings. The quantitative estimate of drug-likeness (QED) is 0.907. The summed E-state index contributed by atoms with van der Waals surface area (Å²) >= 11 is 0. The number of carbonyl (C=O) groups is 2. The number of rotatable bonds is 4. The molecule has 1 aromatic carbocycles. The molecular weight excluding hydrogens is 259 g/mol. The maximum atomic E-state index is 12.8. The van der Waals surface area contributed by atoms with Crippen molar-refractivity contribution in [3.8, 4) is 0 Å². The number of likely N-dealkylation sites (tertiary alicyclic amines) is 1. The van der Waals surface area contributed by atoms with E-state index in [1.54, 1.807) is 24.0 Å². The Labute approximate surface area is 118 Å². The van der Waals surface area contributed by atoms with E-state index in [4.69, 9.17) is 0 Å². The summed E-state index contributed by atoms with van der Waals surface area (Å²) in [4.78, 5) is 25.7. The van der Waals surface area contributed by atoms with E-state index in [2.05, 4.69) is 5.32 Å². The Hall–Kier alpha value is -1.91. The van der Waals surface area contributed by atoms with Gasteiger partial charge in [-0.15, -0.1) is 0 Å². The van der Waals surface area contributed by atoms with Gasteiger partial charge in [0.15, 0.2) is 0 Å². The van der Waals surface area contributed by atoms with Crippen molar-refractivity contribution in [3.05, 3.63) is 35.6 Å². The molecule has 0 radical (unpaired) electrons. The standard InChI is InChI=1S/C15H19FN2O2/c1-11(15(20)18-8-2-3-9-18)17-14(19)10-12-4-6-13(16)7-5-12/h4-7,11H,2-3,8-10H2,1H3,(H,17,19)/t11-/m0/s1. The Morgan fingerprint density at radius 3 is 2.45 bits per heavy atom. The number of nitrogens with zero attached hydrogens (tertiary/aromatic N) is 1. The van der Waals surface area contributed by atoms with Crippen LogP contribution in [-0.2, 0) is 16.0 Å². The van der Waals surface area contributed by atoms with E-state index in [-0.39, 0.29) is 24.1 Å². The summed E-state index contributed by atoms with van der Waals surface area (Å²) in [5, 5.41) is 2.70. The molecule has 0 unspecified atom stereocenters. The summed E-state index contributed by atoms with van der Waals surface area (Å²) < 4.78 is 12.8. The van der Waals surface area contributed by atoms with Gasteiger partial charge in [-0.05, 0) is 37.5 Å². The second-order valence-electron chi connectivity index (χ2n) is 5.12. The van der Waals surface area contributed by atoms with Gasteiger partial charge < -0.3 is 10.2 Å². The van der Waals surface area contributed by atoms with Crippen molar-refractivity contribution in [3.63, 3.8) is 0 Å². The second kappa shape index (κ2) is 6.50. The number of hydrogen-bond donors (Lipinski definition) is 1. The van der Waals surface area contributed by atoms with Gasteiger partial charge in [0.2, 0.25) is 11.8 Å². The summed E-state index contributed by atoms with van der Waals surface area (Å²) in [5.41, 5.74) is 0.727. The molecular formula is C15H19FN2O2. The first-order valence-electron chi connectivity index (χ1n) is 6.89. The van der Waals surface area contributed by atoms with Crippen LogP contribution in [0.15, 0.2) is 24.3 Å². The lowest BCUT2D eigenvalue weighted by molar-refractivity contribution is -0.134. The molecule has 5 heteroatoms. The molecule has 1 atom stereocenters. The van der Waals surface area contributed by atoms with Gasteiger partial charge in [-0.1, -0.05) is 12.1 Å². The Morgan fingerprint density at radius 1 is 1.25 bits per heavy atom. The highest BCUT2D eigenvalue weighted by Crippen LogP contribution is 2.09. The minimum absolute atomic E-state index is 0.0324. The minimum atomic E-state index is -0.513. The third-order valence-electron chi connectivity index (χ3n) is 3.44. The van der Waals surface area contributed by atoms with Crippen LogP contribution in [0.4, 0.5) is 4.39 Å². The number of nitrogens with one attached hydrogen (secondary N) is 1. The topological polar surface area (TPSA) is 49.4 Å². The van der Waals surface area contributed by atoms with Crippen molar-refractivity contribution < 1.29 is 14.0 Å². The molecule has 0 spiro atoms. The number of benzene rings is 1. The first kappa shape index (κ1) is 14.5. The molecule has 1 N–H and O–H groups in total. The van der Waals surface area contributed by atoms with Crippen molar-refractivity contribution >= 4 is 11.8 Å². The number of halogens is 1. The molecule has 108 valence electrons. The highest BCUT2D eigenvalue weighted by molar-refractivity contribution is 5.88. The molecule has 2 rings (SSSR count). The normalized spacial score (nSPS) is 16.0.